The number of carboxylic acid groups (broad SMARTS) is 2. The van der Waals surface area contributed by atoms with E-state index in [1.807, 2.05) is 0 Å². The van der Waals surface area contributed by atoms with Crippen molar-refractivity contribution < 1.29 is 19.8 Å². The van der Waals surface area contributed by atoms with Crippen molar-refractivity contribution in [3.05, 3.63) is 47.3 Å². The molecule has 132 valence electrons. The number of pyridine rings is 1. The lowest BCUT2D eigenvalue weighted by molar-refractivity contribution is -0.138. The first-order valence-electron chi connectivity index (χ1n) is 8.84. The fraction of sp³-hybridized carbons (Fsp3) is 0.450. The number of carboxylic acids is 2. The number of aromatic nitrogens is 1. The molecular weight excluding hydrogens is 318 g/mol. The summed E-state index contributed by atoms with van der Waals surface area (Å²) in [6, 6.07) is 3.36. The predicted molar refractivity (Wildman–Crippen MR) is 94.2 cm³/mol. The Bertz CT molecular complexity index is 710. The number of allylic oxidation sites excluding steroid dienone is 4. The first kappa shape index (κ1) is 17.4. The topological polar surface area (TPSA) is 87.5 Å². The molecule has 0 saturated heterocycles. The van der Waals surface area contributed by atoms with Gasteiger partial charge in [-0.1, -0.05) is 17.7 Å². The summed E-state index contributed by atoms with van der Waals surface area (Å²) < 4.78 is 0. The Hall–Kier alpha value is -2.43. The minimum Gasteiger partial charge on any atom is -0.481 e. The van der Waals surface area contributed by atoms with Crippen molar-refractivity contribution in [2.24, 2.45) is 11.8 Å². The lowest BCUT2D eigenvalue weighted by atomic mass is 9.75. The first-order chi connectivity index (χ1) is 12.0. The van der Waals surface area contributed by atoms with E-state index in [2.05, 4.69) is 17.1 Å². The quantitative estimate of drug-likeness (QED) is 0.839. The van der Waals surface area contributed by atoms with Gasteiger partial charge in [-0.05, 0) is 68.1 Å². The highest BCUT2D eigenvalue weighted by molar-refractivity contribution is 5.87. The van der Waals surface area contributed by atoms with Crippen molar-refractivity contribution in [2.75, 3.05) is 0 Å². The third kappa shape index (κ3) is 4.35. The standard InChI is InChI=1S/C20H23NO4/c22-19(23)11-13-1-3-14(4-2-13)15-5-7-16(8-6-15)18-10-9-17(12-21-18)20(24)25/h5,7,9-10,12-14H,1-4,6,8,11H2,(H,22,23)(H,24,25). The lowest BCUT2D eigenvalue weighted by Crippen LogP contribution is -2.19. The van der Waals surface area contributed by atoms with Crippen LogP contribution in [-0.4, -0.2) is 27.1 Å². The van der Waals surface area contributed by atoms with Gasteiger partial charge in [0.15, 0.2) is 0 Å². The second kappa shape index (κ2) is 7.64. The van der Waals surface area contributed by atoms with Crippen LogP contribution in [0.2, 0.25) is 0 Å². The third-order valence-electron chi connectivity index (χ3n) is 5.36. The van der Waals surface area contributed by atoms with Gasteiger partial charge in [0.25, 0.3) is 0 Å². The van der Waals surface area contributed by atoms with Gasteiger partial charge in [-0.2, -0.15) is 0 Å². The van der Waals surface area contributed by atoms with Gasteiger partial charge in [0.1, 0.15) is 0 Å². The van der Waals surface area contributed by atoms with Crippen LogP contribution in [0.25, 0.3) is 5.57 Å². The SMILES string of the molecule is O=C(O)CC1CCC(C2=CC=C(c3ccc(C(=O)O)cn3)CC2)CC1. The third-order valence-corrected chi connectivity index (χ3v) is 5.36. The molecule has 1 fully saturated rings. The van der Waals surface area contributed by atoms with E-state index in [4.69, 9.17) is 10.2 Å². The molecule has 0 aliphatic heterocycles. The second-order valence-corrected chi connectivity index (χ2v) is 6.99. The summed E-state index contributed by atoms with van der Waals surface area (Å²) in [5, 5.41) is 17.8. The minimum atomic E-state index is -0.961. The van der Waals surface area contributed by atoms with Gasteiger partial charge < -0.3 is 10.2 Å². The largest absolute Gasteiger partial charge is 0.481 e. The Labute approximate surface area is 147 Å². The van der Waals surface area contributed by atoms with E-state index in [9.17, 15) is 9.59 Å². The van der Waals surface area contributed by atoms with Crippen LogP contribution in [0.15, 0.2) is 36.1 Å². The van der Waals surface area contributed by atoms with Crippen molar-refractivity contribution >= 4 is 17.5 Å². The molecule has 5 heteroatoms. The highest BCUT2D eigenvalue weighted by Gasteiger charge is 2.26. The van der Waals surface area contributed by atoms with Crippen molar-refractivity contribution in [1.82, 2.24) is 4.98 Å². The van der Waals surface area contributed by atoms with Crippen LogP contribution < -0.4 is 0 Å². The minimum absolute atomic E-state index is 0.203. The predicted octanol–water partition coefficient (Wildman–Crippen LogP) is 4.16. The summed E-state index contributed by atoms with van der Waals surface area (Å²) >= 11 is 0. The maximum atomic E-state index is 10.9. The molecule has 1 aromatic heterocycles. The number of carbonyl (C=O) groups is 2. The summed E-state index contributed by atoms with van der Waals surface area (Å²) in [6.07, 6.45) is 12.1. The monoisotopic (exact) mass is 341 g/mol. The molecule has 0 amide bonds. The normalized spacial score (nSPS) is 23.5. The van der Waals surface area contributed by atoms with Gasteiger partial charge in [-0.25, -0.2) is 4.79 Å². The van der Waals surface area contributed by atoms with Crippen molar-refractivity contribution in [3.8, 4) is 0 Å². The van der Waals surface area contributed by atoms with Crippen LogP contribution in [0.3, 0.4) is 0 Å². The number of rotatable bonds is 5. The van der Waals surface area contributed by atoms with Crippen molar-refractivity contribution in [3.63, 3.8) is 0 Å². The average Bonchev–Trinajstić information content (AvgIpc) is 2.62. The second-order valence-electron chi connectivity index (χ2n) is 6.99. The highest BCUT2D eigenvalue weighted by Crippen LogP contribution is 2.39. The molecule has 0 bridgehead atoms. The fourth-order valence-corrected chi connectivity index (χ4v) is 3.90. The number of aliphatic carboxylic acids is 1. The summed E-state index contributed by atoms with van der Waals surface area (Å²) in [4.78, 5) is 26.0. The van der Waals surface area contributed by atoms with E-state index >= 15 is 0 Å². The summed E-state index contributed by atoms with van der Waals surface area (Å²) in [6.45, 7) is 0. The molecule has 0 atom stereocenters. The molecule has 0 spiro atoms. The molecule has 2 aliphatic carbocycles. The lowest BCUT2D eigenvalue weighted by Gasteiger charge is -2.30. The molecule has 0 aromatic carbocycles. The molecular formula is C20H23NO4. The molecule has 5 nitrogen and oxygen atoms in total. The Morgan fingerprint density at radius 1 is 1.04 bits per heavy atom. The van der Waals surface area contributed by atoms with E-state index in [0.29, 0.717) is 18.3 Å². The molecule has 3 rings (SSSR count). The summed E-state index contributed by atoms with van der Waals surface area (Å²) in [5.41, 5.74) is 3.64. The van der Waals surface area contributed by atoms with Gasteiger partial charge in [0.05, 0.1) is 11.3 Å². The van der Waals surface area contributed by atoms with Crippen LogP contribution in [0.4, 0.5) is 0 Å². The van der Waals surface area contributed by atoms with Gasteiger partial charge in [-0.3, -0.25) is 9.78 Å². The summed E-state index contributed by atoms with van der Waals surface area (Å²) in [7, 11) is 0. The number of aromatic carboxylic acids is 1. The first-order valence-corrected chi connectivity index (χ1v) is 8.84. The van der Waals surface area contributed by atoms with Crippen molar-refractivity contribution in [2.45, 2.75) is 44.9 Å². The average molecular weight is 341 g/mol. The van der Waals surface area contributed by atoms with E-state index in [1.165, 1.54) is 11.8 Å². The number of nitrogens with zero attached hydrogens (tertiary/aromatic N) is 1. The molecule has 1 heterocycles. The van der Waals surface area contributed by atoms with Crippen LogP contribution in [0.1, 0.15) is 61.0 Å². The molecule has 2 N–H and O–H groups in total. The molecule has 0 radical (unpaired) electrons. The zero-order valence-corrected chi connectivity index (χ0v) is 14.1. The van der Waals surface area contributed by atoms with Gasteiger partial charge in [-0.15, -0.1) is 0 Å². The molecule has 25 heavy (non-hydrogen) atoms. The molecule has 1 saturated carbocycles. The molecule has 1 aromatic rings. The smallest absolute Gasteiger partial charge is 0.337 e. The van der Waals surface area contributed by atoms with E-state index < -0.39 is 11.9 Å². The highest BCUT2D eigenvalue weighted by atomic mass is 16.4. The molecule has 0 unspecified atom stereocenters. The van der Waals surface area contributed by atoms with Gasteiger partial charge >= 0.3 is 11.9 Å². The van der Waals surface area contributed by atoms with E-state index in [1.54, 1.807) is 12.1 Å². The van der Waals surface area contributed by atoms with Gasteiger partial charge in [0.2, 0.25) is 0 Å². The Morgan fingerprint density at radius 3 is 2.32 bits per heavy atom. The van der Waals surface area contributed by atoms with Crippen LogP contribution in [-0.2, 0) is 4.79 Å². The number of hydrogen-bond donors (Lipinski definition) is 2. The Balaban J connectivity index is 1.61. The zero-order chi connectivity index (χ0) is 17.8. The van der Waals surface area contributed by atoms with Crippen molar-refractivity contribution in [1.29, 1.82) is 0 Å². The van der Waals surface area contributed by atoms with Crippen LogP contribution in [0.5, 0.6) is 0 Å². The van der Waals surface area contributed by atoms with Gasteiger partial charge in [0, 0.05) is 12.6 Å². The van der Waals surface area contributed by atoms with Crippen LogP contribution >= 0.6 is 0 Å². The fourth-order valence-electron chi connectivity index (χ4n) is 3.90. The Kier molecular flexibility index (Phi) is 5.31. The van der Waals surface area contributed by atoms with Crippen LogP contribution in [0, 0.1) is 11.8 Å². The maximum Gasteiger partial charge on any atom is 0.337 e. The maximum absolute atomic E-state index is 10.9. The zero-order valence-electron chi connectivity index (χ0n) is 14.1. The van der Waals surface area contributed by atoms with E-state index in [0.717, 1.165) is 49.8 Å². The Morgan fingerprint density at radius 2 is 1.80 bits per heavy atom. The van der Waals surface area contributed by atoms with E-state index in [-0.39, 0.29) is 5.56 Å². The molecule has 2 aliphatic rings. The summed E-state index contributed by atoms with van der Waals surface area (Å²) in [5.74, 6) is -0.738. The number of hydrogen-bond acceptors (Lipinski definition) is 3.